The predicted octanol–water partition coefficient (Wildman–Crippen LogP) is 3.10. The van der Waals surface area contributed by atoms with Crippen LogP contribution in [0, 0.1) is 5.92 Å². The fourth-order valence-corrected chi connectivity index (χ4v) is 5.25. The monoisotopic (exact) mass is 402 g/mol. The molecule has 1 fully saturated rings. The first-order valence-electron chi connectivity index (χ1n) is 6.90. The fourth-order valence-electron chi connectivity index (χ4n) is 2.38. The van der Waals surface area contributed by atoms with Crippen molar-refractivity contribution in [3.05, 3.63) is 40.2 Å². The van der Waals surface area contributed by atoms with Crippen LogP contribution in [0.1, 0.15) is 17.9 Å². The molecule has 118 valence electrons. The van der Waals surface area contributed by atoms with E-state index >= 15 is 0 Å². The van der Waals surface area contributed by atoms with E-state index in [9.17, 15) is 8.42 Å². The number of halogens is 1. The molecule has 0 aliphatic carbocycles. The number of rotatable bonds is 5. The van der Waals surface area contributed by atoms with E-state index < -0.39 is 9.84 Å². The van der Waals surface area contributed by atoms with Gasteiger partial charge in [-0.3, -0.25) is 0 Å². The van der Waals surface area contributed by atoms with Crippen LogP contribution < -0.4 is 0 Å². The Morgan fingerprint density at radius 1 is 1.27 bits per heavy atom. The third-order valence-electron chi connectivity index (χ3n) is 3.51. The Hall–Kier alpha value is -0.860. The molecule has 0 amide bonds. The van der Waals surface area contributed by atoms with E-state index in [-0.39, 0.29) is 17.4 Å². The molecule has 0 unspecified atom stereocenters. The Morgan fingerprint density at radius 3 is 2.73 bits per heavy atom. The second-order valence-corrected chi connectivity index (χ2v) is 9.42. The Morgan fingerprint density at radius 2 is 2.05 bits per heavy atom. The summed E-state index contributed by atoms with van der Waals surface area (Å²) in [5, 5.41) is 8.56. The summed E-state index contributed by atoms with van der Waals surface area (Å²) in [7, 11) is -2.86. The molecule has 0 N–H and O–H groups in total. The van der Waals surface area contributed by atoms with E-state index in [1.54, 1.807) is 0 Å². The molecular weight excluding hydrogens is 388 g/mol. The van der Waals surface area contributed by atoms with Crippen molar-refractivity contribution in [2.75, 3.05) is 11.5 Å². The predicted molar refractivity (Wildman–Crippen MR) is 88.5 cm³/mol. The van der Waals surface area contributed by atoms with Gasteiger partial charge in [-0.05, 0) is 30.0 Å². The lowest BCUT2D eigenvalue weighted by Gasteiger charge is -2.02. The minimum absolute atomic E-state index is 0.106. The maximum Gasteiger partial charge on any atom is 0.276 e. The molecule has 5 nitrogen and oxygen atoms in total. The number of hydrogen-bond acceptors (Lipinski definition) is 6. The Kier molecular flexibility index (Phi) is 4.89. The molecule has 0 spiro atoms. The van der Waals surface area contributed by atoms with Crippen LogP contribution in [0.3, 0.4) is 0 Å². The van der Waals surface area contributed by atoms with Crippen molar-refractivity contribution in [1.29, 1.82) is 0 Å². The highest BCUT2D eigenvalue weighted by atomic mass is 79.9. The molecule has 1 aliphatic heterocycles. The van der Waals surface area contributed by atoms with Gasteiger partial charge in [-0.25, -0.2) is 8.42 Å². The maximum atomic E-state index is 11.4. The summed E-state index contributed by atoms with van der Waals surface area (Å²) in [6.45, 7) is 0. The summed E-state index contributed by atoms with van der Waals surface area (Å²) in [5.41, 5.74) is 1.18. The average molecular weight is 403 g/mol. The van der Waals surface area contributed by atoms with E-state index in [0.717, 1.165) is 10.2 Å². The number of benzene rings is 1. The zero-order chi connectivity index (χ0) is 15.6. The molecule has 2 heterocycles. The third-order valence-corrected chi connectivity index (χ3v) is 6.77. The van der Waals surface area contributed by atoms with Gasteiger partial charge in [-0.1, -0.05) is 39.8 Å². The van der Waals surface area contributed by atoms with Gasteiger partial charge in [-0.15, -0.1) is 10.2 Å². The van der Waals surface area contributed by atoms with Gasteiger partial charge in [0, 0.05) is 16.6 Å². The molecule has 2 aromatic rings. The van der Waals surface area contributed by atoms with Gasteiger partial charge in [0.15, 0.2) is 9.84 Å². The molecule has 0 radical (unpaired) electrons. The van der Waals surface area contributed by atoms with Crippen LogP contribution in [0.2, 0.25) is 0 Å². The lowest BCUT2D eigenvalue weighted by atomic mass is 10.1. The van der Waals surface area contributed by atoms with Crippen molar-refractivity contribution in [3.63, 3.8) is 0 Å². The van der Waals surface area contributed by atoms with Crippen LogP contribution in [0.25, 0.3) is 0 Å². The summed E-state index contributed by atoms with van der Waals surface area (Å²) >= 11 is 4.89. The largest absolute Gasteiger partial charge is 0.416 e. The topological polar surface area (TPSA) is 73.1 Å². The molecule has 0 bridgehead atoms. The van der Waals surface area contributed by atoms with Crippen LogP contribution in [0.15, 0.2) is 38.4 Å². The molecule has 3 rings (SSSR count). The minimum atomic E-state index is -2.86. The van der Waals surface area contributed by atoms with E-state index in [1.807, 2.05) is 24.3 Å². The molecule has 1 aromatic carbocycles. The first kappa shape index (κ1) is 16.0. The first-order chi connectivity index (χ1) is 10.5. The number of hydrogen-bond donors (Lipinski definition) is 0. The Bertz CT molecular complexity index is 744. The fraction of sp³-hybridized carbons (Fsp3) is 0.429. The van der Waals surface area contributed by atoms with Gasteiger partial charge in [0.1, 0.15) is 0 Å². The molecule has 0 saturated carbocycles. The van der Waals surface area contributed by atoms with Crippen LogP contribution in [0.4, 0.5) is 0 Å². The van der Waals surface area contributed by atoms with Crippen molar-refractivity contribution >= 4 is 37.5 Å². The normalized spacial score (nSPS) is 20.3. The summed E-state index contributed by atoms with van der Waals surface area (Å²) in [6.07, 6.45) is 1.23. The van der Waals surface area contributed by atoms with Crippen LogP contribution >= 0.6 is 27.7 Å². The molecule has 1 aliphatic rings. The summed E-state index contributed by atoms with van der Waals surface area (Å²) in [6, 6.07) is 8.07. The standard InChI is InChI=1S/C14H15BrN2O3S2/c15-12-3-1-10(2-4-12)8-21-14-17-16-13(20-14)7-11-5-6-22(18,19)9-11/h1-4,11H,5-9H2/t11-/m1/s1. The first-order valence-corrected chi connectivity index (χ1v) is 10.5. The average Bonchev–Trinajstić information content (AvgIpc) is 3.05. The van der Waals surface area contributed by atoms with Crippen molar-refractivity contribution in [2.45, 2.75) is 23.8 Å². The third kappa shape index (κ3) is 4.33. The van der Waals surface area contributed by atoms with E-state index in [0.29, 0.717) is 24.0 Å². The summed E-state index contributed by atoms with van der Waals surface area (Å²) in [4.78, 5) is 0. The highest BCUT2D eigenvalue weighted by Gasteiger charge is 2.29. The van der Waals surface area contributed by atoms with Crippen LogP contribution in [0.5, 0.6) is 0 Å². The van der Waals surface area contributed by atoms with Crippen molar-refractivity contribution in [3.8, 4) is 0 Å². The molecule has 8 heteroatoms. The van der Waals surface area contributed by atoms with Crippen molar-refractivity contribution in [1.82, 2.24) is 10.2 Å². The van der Waals surface area contributed by atoms with Gasteiger partial charge in [-0.2, -0.15) is 0 Å². The molecular formula is C14H15BrN2O3S2. The lowest BCUT2D eigenvalue weighted by molar-refractivity contribution is 0.389. The SMILES string of the molecule is O=S1(=O)CC[C@H](Cc2nnc(SCc3ccc(Br)cc3)o2)C1. The van der Waals surface area contributed by atoms with Gasteiger partial charge in [0.25, 0.3) is 5.22 Å². The number of sulfone groups is 1. The summed E-state index contributed by atoms with van der Waals surface area (Å²) < 4.78 is 29.5. The van der Waals surface area contributed by atoms with Gasteiger partial charge < -0.3 is 4.42 Å². The number of thioether (sulfide) groups is 1. The zero-order valence-electron chi connectivity index (χ0n) is 11.7. The van der Waals surface area contributed by atoms with E-state index in [2.05, 4.69) is 26.1 Å². The highest BCUT2D eigenvalue weighted by Crippen LogP contribution is 2.25. The number of nitrogens with zero attached hydrogens (tertiary/aromatic N) is 2. The van der Waals surface area contributed by atoms with E-state index in [4.69, 9.17) is 4.42 Å². The van der Waals surface area contributed by atoms with Crippen molar-refractivity contribution in [2.24, 2.45) is 5.92 Å². The second kappa shape index (κ2) is 6.72. The van der Waals surface area contributed by atoms with Crippen molar-refractivity contribution < 1.29 is 12.8 Å². The van der Waals surface area contributed by atoms with Crippen LogP contribution in [-0.2, 0) is 22.0 Å². The summed E-state index contributed by atoms with van der Waals surface area (Å²) in [5.74, 6) is 1.90. The maximum absolute atomic E-state index is 11.4. The molecule has 1 atom stereocenters. The van der Waals surface area contributed by atoms with Gasteiger partial charge in [0.2, 0.25) is 5.89 Å². The van der Waals surface area contributed by atoms with Gasteiger partial charge in [0.05, 0.1) is 11.5 Å². The smallest absolute Gasteiger partial charge is 0.276 e. The highest BCUT2D eigenvalue weighted by molar-refractivity contribution is 9.10. The molecule has 1 saturated heterocycles. The quantitative estimate of drug-likeness (QED) is 0.715. The minimum Gasteiger partial charge on any atom is -0.416 e. The number of aromatic nitrogens is 2. The molecule has 1 aromatic heterocycles. The zero-order valence-corrected chi connectivity index (χ0v) is 15.0. The Labute approximate surface area is 141 Å². The Balaban J connectivity index is 1.54. The second-order valence-electron chi connectivity index (χ2n) is 5.35. The van der Waals surface area contributed by atoms with Crippen LogP contribution in [-0.4, -0.2) is 30.1 Å². The molecule has 22 heavy (non-hydrogen) atoms. The van der Waals surface area contributed by atoms with E-state index in [1.165, 1.54) is 17.3 Å². The lowest BCUT2D eigenvalue weighted by Crippen LogP contribution is -2.07. The van der Waals surface area contributed by atoms with Gasteiger partial charge >= 0.3 is 0 Å².